The zero-order valence-electron chi connectivity index (χ0n) is 25.9. The fourth-order valence-electron chi connectivity index (χ4n) is 6.37. The van der Waals surface area contributed by atoms with Gasteiger partial charge in [0.1, 0.15) is 5.82 Å². The Morgan fingerprint density at radius 3 is 2.36 bits per heavy atom. The number of carbonyl (C=O) groups is 1. The van der Waals surface area contributed by atoms with E-state index in [0.29, 0.717) is 18.2 Å². The van der Waals surface area contributed by atoms with Gasteiger partial charge < -0.3 is 20.7 Å². The number of amides is 1. The Kier molecular flexibility index (Phi) is 9.07. The van der Waals surface area contributed by atoms with E-state index in [1.807, 2.05) is 13.2 Å². The van der Waals surface area contributed by atoms with Gasteiger partial charge in [0.05, 0.1) is 30.5 Å². The number of hydrogen-bond donors (Lipinski definition) is 2. The van der Waals surface area contributed by atoms with Crippen LogP contribution in [-0.2, 0) is 24.9 Å². The zero-order valence-corrected chi connectivity index (χ0v) is 25.9. The van der Waals surface area contributed by atoms with Gasteiger partial charge in [0.2, 0.25) is 0 Å². The van der Waals surface area contributed by atoms with Crippen molar-refractivity contribution in [3.05, 3.63) is 89.9 Å². The van der Waals surface area contributed by atoms with Crippen LogP contribution in [0.4, 0.5) is 5.82 Å². The average Bonchev–Trinajstić information content (AvgIpc) is 3.67. The third-order valence-corrected chi connectivity index (χ3v) is 9.03. The molecule has 4 aromatic rings. The third-order valence-electron chi connectivity index (χ3n) is 9.03. The van der Waals surface area contributed by atoms with Crippen molar-refractivity contribution < 1.29 is 9.53 Å². The van der Waals surface area contributed by atoms with E-state index < -0.39 is 0 Å². The normalized spacial score (nSPS) is 21.0. The van der Waals surface area contributed by atoms with Gasteiger partial charge in [0.25, 0.3) is 5.91 Å². The van der Waals surface area contributed by atoms with Crippen LogP contribution in [-0.4, -0.2) is 75.3 Å². The lowest BCUT2D eigenvalue weighted by atomic mass is 10.0. The highest BCUT2D eigenvalue weighted by molar-refractivity contribution is 5.99. The van der Waals surface area contributed by atoms with Crippen LogP contribution < -0.4 is 11.1 Å². The summed E-state index contributed by atoms with van der Waals surface area (Å²) in [5.41, 5.74) is 13.0. The van der Waals surface area contributed by atoms with Gasteiger partial charge in [0, 0.05) is 62.8 Å². The van der Waals surface area contributed by atoms with E-state index in [1.165, 1.54) is 16.7 Å². The lowest BCUT2D eigenvalue weighted by Crippen LogP contribution is -2.49. The number of benzene rings is 2. The summed E-state index contributed by atoms with van der Waals surface area (Å²) in [6.07, 6.45) is 8.02. The second kappa shape index (κ2) is 13.3. The maximum absolute atomic E-state index is 13.2. The van der Waals surface area contributed by atoms with Crippen LogP contribution in [0.3, 0.4) is 0 Å². The number of ether oxygens (including phenoxy) is 1. The maximum Gasteiger partial charge on any atom is 0.255 e. The summed E-state index contributed by atoms with van der Waals surface area (Å²) >= 11 is 0. The smallest absolute Gasteiger partial charge is 0.255 e. The van der Waals surface area contributed by atoms with Crippen LogP contribution >= 0.6 is 0 Å². The summed E-state index contributed by atoms with van der Waals surface area (Å²) in [6, 6.07) is 19.8. The molecular formula is C35H43N7O2. The van der Waals surface area contributed by atoms with Crippen molar-refractivity contribution in [1.82, 2.24) is 29.9 Å². The lowest BCUT2D eigenvalue weighted by Gasteiger charge is -2.38. The minimum Gasteiger partial charge on any atom is -0.383 e. The number of carbonyl (C=O) groups excluding carboxylic acids is 1. The van der Waals surface area contributed by atoms with Gasteiger partial charge in [-0.1, -0.05) is 48.5 Å². The summed E-state index contributed by atoms with van der Waals surface area (Å²) in [4.78, 5) is 22.5. The number of nitrogens with two attached hydrogens (primary N) is 1. The largest absolute Gasteiger partial charge is 0.383 e. The first kappa shape index (κ1) is 30.0. The zero-order chi connectivity index (χ0) is 30.6. The molecule has 0 spiro atoms. The second-order valence-electron chi connectivity index (χ2n) is 12.4. The number of piperazine rings is 1. The number of nitrogen functional groups attached to an aromatic ring is 1. The molecule has 6 rings (SSSR count). The van der Waals surface area contributed by atoms with Crippen molar-refractivity contribution in [3.63, 3.8) is 0 Å². The molecule has 1 aliphatic heterocycles. The molecule has 9 heteroatoms. The second-order valence-corrected chi connectivity index (χ2v) is 12.4. The fraction of sp³-hybridized carbons (Fsp3) is 0.400. The van der Waals surface area contributed by atoms with Gasteiger partial charge in [0.15, 0.2) is 0 Å². The van der Waals surface area contributed by atoms with Crippen LogP contribution in [0, 0.1) is 0 Å². The van der Waals surface area contributed by atoms with Crippen LogP contribution in [0.25, 0.3) is 22.3 Å². The molecule has 0 radical (unpaired) electrons. The van der Waals surface area contributed by atoms with E-state index >= 15 is 0 Å². The van der Waals surface area contributed by atoms with Gasteiger partial charge in [-0.05, 0) is 61.6 Å². The molecular weight excluding hydrogens is 550 g/mol. The Balaban J connectivity index is 1.02. The summed E-state index contributed by atoms with van der Waals surface area (Å²) in [5.74, 6) is -0.0142. The van der Waals surface area contributed by atoms with Crippen molar-refractivity contribution in [3.8, 4) is 22.3 Å². The van der Waals surface area contributed by atoms with E-state index in [0.717, 1.165) is 62.1 Å². The highest BCUT2D eigenvalue weighted by Crippen LogP contribution is 2.27. The Bertz CT molecular complexity index is 1570. The molecule has 2 aromatic carbocycles. The first-order valence-corrected chi connectivity index (χ1v) is 15.6. The number of pyridine rings is 1. The molecule has 2 aromatic heterocycles. The number of aryl methyl sites for hydroxylation is 1. The van der Waals surface area contributed by atoms with E-state index in [2.05, 4.69) is 87.7 Å². The number of nitrogens with one attached hydrogen (secondary N) is 1. The molecule has 3 heterocycles. The fourth-order valence-corrected chi connectivity index (χ4v) is 6.37. The Hall–Kier alpha value is -4.05. The molecule has 2 fully saturated rings. The predicted octanol–water partition coefficient (Wildman–Crippen LogP) is 4.73. The molecule has 1 aliphatic carbocycles. The first-order chi connectivity index (χ1) is 21.3. The van der Waals surface area contributed by atoms with E-state index in [-0.39, 0.29) is 23.9 Å². The molecule has 0 bridgehead atoms. The van der Waals surface area contributed by atoms with E-state index in [1.54, 1.807) is 23.1 Å². The van der Waals surface area contributed by atoms with Crippen molar-refractivity contribution in [1.29, 1.82) is 0 Å². The van der Waals surface area contributed by atoms with Gasteiger partial charge in [-0.15, -0.1) is 0 Å². The molecule has 1 saturated carbocycles. The number of aromatic nitrogens is 3. The number of nitrogens with zero attached hydrogens (tertiary/aromatic N) is 5. The predicted molar refractivity (Wildman–Crippen MR) is 174 cm³/mol. The van der Waals surface area contributed by atoms with E-state index in [4.69, 9.17) is 10.5 Å². The Morgan fingerprint density at radius 2 is 1.68 bits per heavy atom. The SMILES string of the molecule is C[C@@H]1CN(C)CCN1Cc1ccc(-c2ccc(CO[C@H]3CCC[C@@H]3NC(=O)c3cc(-c4cnn(C)c4)cnc3N)cc2)cc1. The summed E-state index contributed by atoms with van der Waals surface area (Å²) in [7, 11) is 4.05. The standard InChI is InChI=1S/C35H43N7O2/c1-24-20-40(2)15-16-42(24)21-25-7-11-27(12-8-25)28-13-9-26(10-14-28)23-44-33-6-4-5-32(33)39-35(43)31-17-29(18-37-34(31)36)30-19-38-41(3)22-30/h7-14,17-19,22,24,32-33H,4-6,15-16,20-21,23H2,1-3H3,(H2,36,37)(H,39,43)/t24-,32+,33+/m1/s1. The summed E-state index contributed by atoms with van der Waals surface area (Å²) in [6.45, 7) is 7.18. The highest BCUT2D eigenvalue weighted by atomic mass is 16.5. The number of hydrogen-bond acceptors (Lipinski definition) is 7. The third kappa shape index (κ3) is 7.01. The minimum atomic E-state index is -0.227. The van der Waals surface area contributed by atoms with Crippen LogP contribution in [0.1, 0.15) is 47.7 Å². The quantitative estimate of drug-likeness (QED) is 0.289. The molecule has 3 N–H and O–H groups in total. The van der Waals surface area contributed by atoms with Crippen LogP contribution in [0.5, 0.6) is 0 Å². The Labute approximate surface area is 260 Å². The topological polar surface area (TPSA) is 102 Å². The van der Waals surface area contributed by atoms with Crippen molar-refractivity contribution >= 4 is 11.7 Å². The molecule has 0 unspecified atom stereocenters. The van der Waals surface area contributed by atoms with Gasteiger partial charge >= 0.3 is 0 Å². The molecule has 1 amide bonds. The summed E-state index contributed by atoms with van der Waals surface area (Å²) in [5, 5.41) is 7.37. The Morgan fingerprint density at radius 1 is 0.955 bits per heavy atom. The monoisotopic (exact) mass is 593 g/mol. The molecule has 3 atom stereocenters. The van der Waals surface area contributed by atoms with Gasteiger partial charge in [-0.3, -0.25) is 14.4 Å². The highest BCUT2D eigenvalue weighted by Gasteiger charge is 2.30. The average molecular weight is 594 g/mol. The number of anilines is 1. The number of rotatable bonds is 9. The maximum atomic E-state index is 13.2. The molecule has 230 valence electrons. The molecule has 9 nitrogen and oxygen atoms in total. The number of likely N-dealkylation sites (N-methyl/N-ethyl adjacent to an activating group) is 1. The molecule has 2 aliphatic rings. The van der Waals surface area contributed by atoms with Crippen LogP contribution in [0.15, 0.2) is 73.2 Å². The minimum absolute atomic E-state index is 0.0510. The van der Waals surface area contributed by atoms with Gasteiger partial charge in [-0.25, -0.2) is 4.98 Å². The molecule has 1 saturated heterocycles. The van der Waals surface area contributed by atoms with Crippen molar-refractivity contribution in [2.45, 2.75) is 57.5 Å². The van der Waals surface area contributed by atoms with Gasteiger partial charge in [-0.2, -0.15) is 5.10 Å². The van der Waals surface area contributed by atoms with Crippen molar-refractivity contribution in [2.75, 3.05) is 32.4 Å². The van der Waals surface area contributed by atoms with Crippen molar-refractivity contribution in [2.24, 2.45) is 7.05 Å². The van der Waals surface area contributed by atoms with E-state index in [9.17, 15) is 4.79 Å². The summed E-state index contributed by atoms with van der Waals surface area (Å²) < 4.78 is 8.05. The first-order valence-electron chi connectivity index (χ1n) is 15.6. The van der Waals surface area contributed by atoms with Crippen LogP contribution in [0.2, 0.25) is 0 Å². The molecule has 44 heavy (non-hydrogen) atoms. The lowest BCUT2D eigenvalue weighted by molar-refractivity contribution is 0.0272.